The van der Waals surface area contributed by atoms with Gasteiger partial charge < -0.3 is 25.2 Å². The minimum atomic E-state index is -0.413. The first kappa shape index (κ1) is 24.2. The highest BCUT2D eigenvalue weighted by molar-refractivity contribution is 5.85. The Balaban J connectivity index is 0.00000182. The quantitative estimate of drug-likeness (QED) is 0.679. The highest BCUT2D eigenvalue weighted by Crippen LogP contribution is 2.33. The molecule has 0 radical (unpaired) electrons. The smallest absolute Gasteiger partial charge is 0.410 e. The van der Waals surface area contributed by atoms with Crippen molar-refractivity contribution in [1.82, 2.24) is 19.6 Å². The zero-order valence-corrected chi connectivity index (χ0v) is 17.7. The summed E-state index contributed by atoms with van der Waals surface area (Å²) in [7, 11) is 0. The van der Waals surface area contributed by atoms with Crippen LogP contribution in [0.3, 0.4) is 0 Å². The maximum atomic E-state index is 12.3. The molecule has 0 unspecified atom stereocenters. The normalized spacial score (nSPS) is 23.0. The Morgan fingerprint density at radius 2 is 1.63 bits per heavy atom. The largest absolute Gasteiger partial charge is 0.441 e. The van der Waals surface area contributed by atoms with Gasteiger partial charge in [0.15, 0.2) is 0 Å². The van der Waals surface area contributed by atoms with Crippen molar-refractivity contribution in [1.29, 1.82) is 0 Å². The maximum absolute atomic E-state index is 12.3. The zero-order valence-electron chi connectivity index (χ0n) is 16.1. The van der Waals surface area contributed by atoms with E-state index in [1.807, 2.05) is 4.90 Å². The topological polar surface area (TPSA) is 82.3 Å². The van der Waals surface area contributed by atoms with Crippen molar-refractivity contribution in [2.45, 2.75) is 25.4 Å². The minimum absolute atomic E-state index is 0. The first-order chi connectivity index (χ1) is 12.0. The molecule has 2 amide bonds. The number of piperidine rings is 1. The Labute approximate surface area is 174 Å². The number of carbonyl (C=O) groups excluding carboxylic acids is 2. The molecule has 1 spiro atoms. The van der Waals surface area contributed by atoms with E-state index < -0.39 is 5.60 Å². The van der Waals surface area contributed by atoms with Crippen molar-refractivity contribution in [3.63, 3.8) is 0 Å². The minimum Gasteiger partial charge on any atom is -0.441 e. The van der Waals surface area contributed by atoms with Gasteiger partial charge in [-0.2, -0.15) is 0 Å². The highest BCUT2D eigenvalue weighted by Gasteiger charge is 2.47. The average molecular weight is 426 g/mol. The van der Waals surface area contributed by atoms with Crippen LogP contribution in [-0.2, 0) is 9.53 Å². The molecule has 158 valence electrons. The maximum Gasteiger partial charge on any atom is 0.410 e. The van der Waals surface area contributed by atoms with Gasteiger partial charge in [0.05, 0.1) is 13.1 Å². The van der Waals surface area contributed by atoms with E-state index >= 15 is 0 Å². The van der Waals surface area contributed by atoms with Crippen LogP contribution in [0.2, 0.25) is 0 Å². The Kier molecular flexibility index (Phi) is 9.57. The van der Waals surface area contributed by atoms with Crippen molar-refractivity contribution >= 4 is 36.8 Å². The lowest BCUT2D eigenvalue weighted by atomic mass is 9.91. The van der Waals surface area contributed by atoms with E-state index in [2.05, 4.69) is 16.7 Å². The number of hydrogen-bond donors (Lipinski definition) is 1. The van der Waals surface area contributed by atoms with E-state index in [1.54, 1.807) is 4.90 Å². The number of amides is 2. The molecular weight excluding hydrogens is 393 g/mol. The molecule has 8 nitrogen and oxygen atoms in total. The molecule has 3 aliphatic heterocycles. The van der Waals surface area contributed by atoms with Crippen LogP contribution in [0.4, 0.5) is 4.79 Å². The molecule has 0 aromatic rings. The van der Waals surface area contributed by atoms with Crippen LogP contribution in [0.25, 0.3) is 0 Å². The Hall–Kier alpha value is -0.800. The number of likely N-dealkylation sites (N-methyl/N-ethyl adjacent to an activating group) is 1. The summed E-state index contributed by atoms with van der Waals surface area (Å²) in [6.07, 6.45) is 1.21. The van der Waals surface area contributed by atoms with Crippen LogP contribution in [0, 0.1) is 0 Å². The van der Waals surface area contributed by atoms with Crippen LogP contribution >= 0.6 is 24.8 Å². The number of ether oxygens (including phenoxy) is 1. The molecule has 3 rings (SSSR count). The van der Waals surface area contributed by atoms with E-state index in [1.165, 1.54) is 0 Å². The van der Waals surface area contributed by atoms with E-state index in [0.29, 0.717) is 32.5 Å². The molecule has 0 atom stereocenters. The Bertz CT molecular complexity index is 495. The zero-order chi connectivity index (χ0) is 17.9. The fraction of sp³-hybridized carbons (Fsp3) is 0.882. The van der Waals surface area contributed by atoms with Gasteiger partial charge >= 0.3 is 6.09 Å². The summed E-state index contributed by atoms with van der Waals surface area (Å²) >= 11 is 0. The second-order valence-corrected chi connectivity index (χ2v) is 7.33. The lowest BCUT2D eigenvalue weighted by Gasteiger charge is -2.37. The fourth-order valence-electron chi connectivity index (χ4n) is 4.01. The van der Waals surface area contributed by atoms with Crippen molar-refractivity contribution in [3.05, 3.63) is 0 Å². The number of nitrogens with two attached hydrogens (primary N) is 1. The first-order valence-corrected chi connectivity index (χ1v) is 9.46. The second kappa shape index (κ2) is 10.7. The molecule has 0 bridgehead atoms. The number of halogens is 2. The molecule has 3 saturated heterocycles. The molecule has 10 heteroatoms. The summed E-state index contributed by atoms with van der Waals surface area (Å²) in [6, 6.07) is 0. The summed E-state index contributed by atoms with van der Waals surface area (Å²) in [6.45, 7) is 11.2. The lowest BCUT2D eigenvalue weighted by molar-refractivity contribution is -0.133. The van der Waals surface area contributed by atoms with Gasteiger partial charge in [-0.15, -0.1) is 24.8 Å². The molecule has 3 aliphatic rings. The van der Waals surface area contributed by atoms with E-state index in [-0.39, 0.29) is 43.4 Å². The molecule has 3 heterocycles. The summed E-state index contributed by atoms with van der Waals surface area (Å²) in [5.41, 5.74) is 5.01. The van der Waals surface area contributed by atoms with Crippen LogP contribution < -0.4 is 5.73 Å². The number of rotatable bonds is 5. The molecular formula is C17H33Cl2N5O3. The summed E-state index contributed by atoms with van der Waals surface area (Å²) in [5.74, 6) is -0.0257. The average Bonchev–Trinajstić information content (AvgIpc) is 2.95. The third-order valence-electron chi connectivity index (χ3n) is 5.84. The van der Waals surface area contributed by atoms with Crippen LogP contribution in [0.5, 0.6) is 0 Å². The van der Waals surface area contributed by atoms with Gasteiger partial charge in [-0.1, -0.05) is 6.92 Å². The summed E-state index contributed by atoms with van der Waals surface area (Å²) in [4.78, 5) is 32.4. The number of likely N-dealkylation sites (tertiary alicyclic amines) is 1. The number of hydrogen-bond acceptors (Lipinski definition) is 6. The number of carbonyl (C=O) groups is 2. The van der Waals surface area contributed by atoms with Gasteiger partial charge in [-0.3, -0.25) is 9.69 Å². The van der Waals surface area contributed by atoms with Gasteiger partial charge in [0, 0.05) is 65.2 Å². The highest BCUT2D eigenvalue weighted by atomic mass is 35.5. The SMILES string of the molecule is CCN1CCN(CCN2CC3(CCN(C(=O)CN)CC3)OC2=O)CC1.Cl.Cl. The Morgan fingerprint density at radius 3 is 2.19 bits per heavy atom. The monoisotopic (exact) mass is 425 g/mol. The molecule has 0 saturated carbocycles. The van der Waals surface area contributed by atoms with Crippen LogP contribution in [0.15, 0.2) is 0 Å². The van der Waals surface area contributed by atoms with E-state index in [0.717, 1.165) is 45.8 Å². The van der Waals surface area contributed by atoms with Gasteiger partial charge in [-0.05, 0) is 6.54 Å². The predicted octanol–water partition coefficient (Wildman–Crippen LogP) is 0.240. The van der Waals surface area contributed by atoms with Crippen molar-refractivity contribution in [2.75, 3.05) is 72.0 Å². The molecule has 27 heavy (non-hydrogen) atoms. The molecule has 0 aromatic heterocycles. The van der Waals surface area contributed by atoms with E-state index in [9.17, 15) is 9.59 Å². The van der Waals surface area contributed by atoms with E-state index in [4.69, 9.17) is 10.5 Å². The molecule has 0 aromatic carbocycles. The van der Waals surface area contributed by atoms with Crippen molar-refractivity contribution in [3.8, 4) is 0 Å². The van der Waals surface area contributed by atoms with Crippen molar-refractivity contribution in [2.24, 2.45) is 5.73 Å². The third kappa shape index (κ3) is 5.84. The molecule has 2 N–H and O–H groups in total. The number of piperazine rings is 1. The summed E-state index contributed by atoms with van der Waals surface area (Å²) in [5, 5.41) is 0. The lowest BCUT2D eigenvalue weighted by Crippen LogP contribution is -2.50. The fourth-order valence-corrected chi connectivity index (χ4v) is 4.01. The standard InChI is InChI=1S/C17H31N5O3.2ClH/c1-2-19-7-9-20(10-8-19)11-12-22-14-17(25-16(22)24)3-5-21(6-4-17)15(23)13-18;;/h2-14,18H2,1H3;2*1H. The Morgan fingerprint density at radius 1 is 1.04 bits per heavy atom. The van der Waals surface area contributed by atoms with Gasteiger partial charge in [0.25, 0.3) is 0 Å². The first-order valence-electron chi connectivity index (χ1n) is 9.46. The van der Waals surface area contributed by atoms with Crippen molar-refractivity contribution < 1.29 is 14.3 Å². The predicted molar refractivity (Wildman–Crippen MR) is 109 cm³/mol. The second-order valence-electron chi connectivity index (χ2n) is 7.33. The van der Waals surface area contributed by atoms with Crippen LogP contribution in [-0.4, -0.2) is 109 Å². The summed E-state index contributed by atoms with van der Waals surface area (Å²) < 4.78 is 5.73. The molecule has 0 aliphatic carbocycles. The van der Waals surface area contributed by atoms with Gasteiger partial charge in [-0.25, -0.2) is 4.79 Å². The third-order valence-corrected chi connectivity index (χ3v) is 5.84. The van der Waals surface area contributed by atoms with Gasteiger partial charge in [0.2, 0.25) is 5.91 Å². The molecule has 3 fully saturated rings. The van der Waals surface area contributed by atoms with Crippen LogP contribution in [0.1, 0.15) is 19.8 Å². The van der Waals surface area contributed by atoms with Gasteiger partial charge in [0.1, 0.15) is 5.60 Å². The number of nitrogens with zero attached hydrogens (tertiary/aromatic N) is 4.